The Hall–Kier alpha value is -3.00. The number of nitrogens with zero attached hydrogens (tertiary/aromatic N) is 1. The van der Waals surface area contributed by atoms with Crippen molar-refractivity contribution in [3.8, 4) is 0 Å². The Morgan fingerprint density at radius 2 is 1.54 bits per heavy atom. The standard InChI is InChI=1S/C40H69NO12.C4H4O4/c1-16-28-40(12,47-15)33(43)23(6)31-21(4)18-39(11,53-31)35(52-37-30(42)27(17-22(5)48-37)41(13)20(2)3)24(7)32(25(8)36(45)50-28)51-29-19-38(10,46-14)34(44)26(9)49-29;5-3(6)1-2-4(7)8/h20,22-30,32,34-35,37,42,44H,16-19H2,1-15H3;1-2H,(H,5,6)(H,7,8)/b;2-1+/t22-,23+,24+,25-,26+,27+,28-,29+,30-,32+,34+,35-,37+,38-,39-,40-;/m1./s1. The van der Waals surface area contributed by atoms with Gasteiger partial charge in [-0.25, -0.2) is 9.59 Å². The quantitative estimate of drug-likeness (QED) is 0.168. The third-order valence-electron chi connectivity index (χ3n) is 13.2. The summed E-state index contributed by atoms with van der Waals surface area (Å²) in [5, 5.41) is 38.4. The number of aliphatic hydroxyl groups excluding tert-OH is 2. The number of carboxylic acids is 2. The molecule has 17 heteroatoms. The van der Waals surface area contributed by atoms with E-state index in [1.807, 2.05) is 41.7 Å². The van der Waals surface area contributed by atoms with Gasteiger partial charge in [0.15, 0.2) is 24.0 Å². The first-order valence-electron chi connectivity index (χ1n) is 21.3. The van der Waals surface area contributed by atoms with Gasteiger partial charge in [0, 0.05) is 57.2 Å². The monoisotopic (exact) mass is 871 g/mol. The van der Waals surface area contributed by atoms with Crippen LogP contribution in [0.3, 0.4) is 0 Å². The SMILES string of the molecule is CC[C@H]1OC(=O)[C@H](C)[C@@H](O[C@H]2C[C@@](C)(OC)[C@@H](O)[C@H](C)O2)[C@H](C)[C@@H](O[C@@H]2O[C@H](C)C[C@H](N(C)C(C)C)[C@H]2O)[C@@]2(C)CC(C)=C(O2)[C@H](C)C(=O)[C@]1(C)OC.O=C(O)/C=C/C(=O)O. The van der Waals surface area contributed by atoms with E-state index in [0.29, 0.717) is 37.2 Å². The molecule has 0 aliphatic carbocycles. The maximum atomic E-state index is 14.4. The molecule has 16 atom stereocenters. The number of hydrogen-bond acceptors (Lipinski definition) is 15. The van der Waals surface area contributed by atoms with Crippen molar-refractivity contribution in [3.05, 3.63) is 23.5 Å². The molecule has 3 saturated heterocycles. The molecule has 4 rings (SSSR count). The van der Waals surface area contributed by atoms with Crippen LogP contribution in [0.1, 0.15) is 109 Å². The Morgan fingerprint density at radius 1 is 0.951 bits per heavy atom. The van der Waals surface area contributed by atoms with E-state index in [1.165, 1.54) is 14.2 Å². The Morgan fingerprint density at radius 3 is 2.05 bits per heavy atom. The normalized spacial score (nSPS) is 41.3. The van der Waals surface area contributed by atoms with Crippen molar-refractivity contribution >= 4 is 23.7 Å². The second kappa shape index (κ2) is 21.1. The fourth-order valence-electron chi connectivity index (χ4n) is 9.19. The van der Waals surface area contributed by atoms with Gasteiger partial charge in [0.2, 0.25) is 0 Å². The third kappa shape index (κ3) is 11.8. The highest BCUT2D eigenvalue weighted by Gasteiger charge is 2.56. The number of fused-ring (bicyclic) bond motifs is 2. The van der Waals surface area contributed by atoms with Crippen molar-refractivity contribution in [2.75, 3.05) is 21.3 Å². The lowest BCUT2D eigenvalue weighted by molar-refractivity contribution is -0.317. The number of carbonyl (C=O) groups is 4. The molecule has 0 aromatic heterocycles. The molecule has 350 valence electrons. The van der Waals surface area contributed by atoms with Gasteiger partial charge in [-0.1, -0.05) is 13.8 Å². The lowest BCUT2D eigenvalue weighted by Crippen LogP contribution is -2.61. The van der Waals surface area contributed by atoms with Gasteiger partial charge in [0.05, 0.1) is 35.7 Å². The molecular weight excluding hydrogens is 798 g/mol. The predicted octanol–water partition coefficient (Wildman–Crippen LogP) is 4.25. The van der Waals surface area contributed by atoms with E-state index in [1.54, 1.807) is 34.6 Å². The molecule has 0 aromatic rings. The fraction of sp³-hybridized carbons (Fsp3) is 0.818. The molecule has 0 unspecified atom stereocenters. The van der Waals surface area contributed by atoms with Gasteiger partial charge in [-0.05, 0) is 94.7 Å². The lowest BCUT2D eigenvalue weighted by atomic mass is 9.79. The number of aliphatic hydroxyl groups is 2. The first-order chi connectivity index (χ1) is 28.2. The van der Waals surface area contributed by atoms with E-state index in [-0.39, 0.29) is 30.4 Å². The van der Waals surface area contributed by atoms with Gasteiger partial charge in [0.25, 0.3) is 0 Å². The van der Waals surface area contributed by atoms with Crippen LogP contribution in [-0.2, 0) is 57.1 Å². The van der Waals surface area contributed by atoms with Gasteiger partial charge in [-0.2, -0.15) is 0 Å². The number of cyclic esters (lactones) is 1. The van der Waals surface area contributed by atoms with Crippen molar-refractivity contribution in [1.29, 1.82) is 0 Å². The Bertz CT molecular complexity index is 1590. The van der Waals surface area contributed by atoms with Crippen LogP contribution in [-0.4, -0.2) is 154 Å². The molecule has 4 N–H and O–H groups in total. The number of ketones is 1. The van der Waals surface area contributed by atoms with Crippen LogP contribution in [0.2, 0.25) is 0 Å². The van der Waals surface area contributed by atoms with Gasteiger partial charge in [-0.15, -0.1) is 0 Å². The van der Waals surface area contributed by atoms with E-state index in [9.17, 15) is 29.4 Å². The van der Waals surface area contributed by atoms with E-state index < -0.39 is 102 Å². The number of carbonyl (C=O) groups excluding carboxylic acids is 2. The van der Waals surface area contributed by atoms with Crippen LogP contribution in [0, 0.1) is 17.8 Å². The minimum atomic E-state index is -1.48. The summed E-state index contributed by atoms with van der Waals surface area (Å²) in [4.78, 5) is 49.9. The van der Waals surface area contributed by atoms with Crippen LogP contribution in [0.5, 0.6) is 0 Å². The van der Waals surface area contributed by atoms with E-state index >= 15 is 0 Å². The number of hydrogen-bond donors (Lipinski definition) is 4. The molecule has 4 heterocycles. The minimum absolute atomic E-state index is 0.164. The summed E-state index contributed by atoms with van der Waals surface area (Å²) in [7, 11) is 4.97. The van der Waals surface area contributed by atoms with Crippen molar-refractivity contribution in [3.63, 3.8) is 0 Å². The highest BCUT2D eigenvalue weighted by Crippen LogP contribution is 2.47. The Kier molecular flexibility index (Phi) is 18.1. The summed E-state index contributed by atoms with van der Waals surface area (Å²) in [6, 6.07) is -0.0782. The van der Waals surface area contributed by atoms with Crippen LogP contribution in [0.4, 0.5) is 0 Å². The topological polar surface area (TPSA) is 226 Å². The number of rotatable bonds is 11. The first kappa shape index (κ1) is 52.3. The van der Waals surface area contributed by atoms with Gasteiger partial charge < -0.3 is 58.3 Å². The van der Waals surface area contributed by atoms with Crippen LogP contribution in [0.15, 0.2) is 23.5 Å². The second-order valence-electron chi connectivity index (χ2n) is 18.1. The number of aliphatic carboxylic acids is 2. The summed E-state index contributed by atoms with van der Waals surface area (Å²) in [6.07, 6.45) is -4.72. The smallest absolute Gasteiger partial charge is 0.328 e. The van der Waals surface area contributed by atoms with Crippen molar-refractivity contribution < 1.29 is 77.5 Å². The van der Waals surface area contributed by atoms with Crippen molar-refractivity contribution in [2.45, 2.75) is 193 Å². The molecule has 4 aliphatic rings. The molecule has 3 fully saturated rings. The van der Waals surface area contributed by atoms with E-state index in [4.69, 9.17) is 48.1 Å². The van der Waals surface area contributed by atoms with Gasteiger partial charge in [0.1, 0.15) is 35.8 Å². The number of methoxy groups -OCH3 is 2. The molecule has 61 heavy (non-hydrogen) atoms. The van der Waals surface area contributed by atoms with Crippen molar-refractivity contribution in [2.24, 2.45) is 17.8 Å². The summed E-state index contributed by atoms with van der Waals surface area (Å²) in [5.74, 6) is -5.10. The first-order valence-corrected chi connectivity index (χ1v) is 21.3. The second-order valence-corrected chi connectivity index (χ2v) is 18.1. The average Bonchev–Trinajstić information content (AvgIpc) is 3.52. The number of Topliss-reactive ketones (excluding diaryl/α,β-unsaturated/α-hetero) is 1. The average molecular weight is 872 g/mol. The molecule has 0 spiro atoms. The molecule has 4 aliphatic heterocycles. The third-order valence-corrected chi connectivity index (χ3v) is 13.2. The summed E-state index contributed by atoms with van der Waals surface area (Å²) in [5.41, 5.74) is -2.66. The summed E-state index contributed by atoms with van der Waals surface area (Å²) < 4.78 is 51.1. The fourth-order valence-corrected chi connectivity index (χ4v) is 9.19. The van der Waals surface area contributed by atoms with Crippen LogP contribution >= 0.6 is 0 Å². The molecule has 0 saturated carbocycles. The van der Waals surface area contributed by atoms with E-state index in [0.717, 1.165) is 5.57 Å². The largest absolute Gasteiger partial charge is 0.488 e. The Labute approximate surface area is 361 Å². The highest BCUT2D eigenvalue weighted by molar-refractivity contribution is 5.92. The van der Waals surface area contributed by atoms with Gasteiger partial charge in [-0.3, -0.25) is 14.5 Å². The van der Waals surface area contributed by atoms with E-state index in [2.05, 4.69) is 18.7 Å². The number of allylic oxidation sites excluding steroid dienone is 1. The summed E-state index contributed by atoms with van der Waals surface area (Å²) in [6.45, 7) is 22.5. The molecule has 17 nitrogen and oxygen atoms in total. The van der Waals surface area contributed by atoms with Crippen molar-refractivity contribution in [1.82, 2.24) is 4.90 Å². The number of likely N-dealkylation sites (N-methyl/N-ethyl adjacent to an activating group) is 1. The van der Waals surface area contributed by atoms with Gasteiger partial charge >= 0.3 is 17.9 Å². The maximum Gasteiger partial charge on any atom is 0.328 e. The molecule has 2 bridgehead atoms. The zero-order valence-corrected chi connectivity index (χ0v) is 38.7. The number of ether oxygens (including phenoxy) is 8. The number of carboxylic acid groups (broad SMARTS) is 2. The highest BCUT2D eigenvalue weighted by atomic mass is 16.7. The molecule has 0 aromatic carbocycles. The number of esters is 1. The zero-order chi connectivity index (χ0) is 46.5. The molecule has 0 radical (unpaired) electrons. The summed E-state index contributed by atoms with van der Waals surface area (Å²) >= 11 is 0. The minimum Gasteiger partial charge on any atom is -0.488 e. The predicted molar refractivity (Wildman–Crippen MR) is 221 cm³/mol. The van der Waals surface area contributed by atoms with Crippen LogP contribution in [0.25, 0.3) is 0 Å². The Balaban J connectivity index is 0.00000112. The van der Waals surface area contributed by atoms with Crippen LogP contribution < -0.4 is 0 Å². The zero-order valence-electron chi connectivity index (χ0n) is 38.7. The molecular formula is C44H73NO16. The maximum absolute atomic E-state index is 14.4. The molecule has 0 amide bonds. The lowest BCUT2D eigenvalue weighted by Gasteiger charge is -2.49.